The maximum absolute atomic E-state index is 11.3. The molecule has 0 spiro atoms. The van der Waals surface area contributed by atoms with Gasteiger partial charge in [-0.2, -0.15) is 0 Å². The summed E-state index contributed by atoms with van der Waals surface area (Å²) in [5.41, 5.74) is 0.579. The highest BCUT2D eigenvalue weighted by Crippen LogP contribution is 2.09. The van der Waals surface area contributed by atoms with E-state index in [9.17, 15) is 9.59 Å². The maximum Gasteiger partial charge on any atom is 0.372 e. The van der Waals surface area contributed by atoms with Gasteiger partial charge in [0.15, 0.2) is 0 Å². The van der Waals surface area contributed by atoms with Gasteiger partial charge in [-0.05, 0) is 6.07 Å². The first-order chi connectivity index (χ1) is 8.02. The average Bonchev–Trinajstić information content (AvgIpc) is 2.72. The van der Waals surface area contributed by atoms with E-state index in [2.05, 4.69) is 5.32 Å². The molecule has 0 aliphatic rings. The monoisotopic (exact) mass is 240 g/mol. The molecule has 0 saturated carbocycles. The summed E-state index contributed by atoms with van der Waals surface area (Å²) in [6.07, 6.45) is 1.72. The van der Waals surface area contributed by atoms with Crippen molar-refractivity contribution in [3.05, 3.63) is 23.7 Å². The lowest BCUT2D eigenvalue weighted by atomic mass is 10.2. The highest BCUT2D eigenvalue weighted by atomic mass is 16.4. The Morgan fingerprint density at radius 1 is 1.47 bits per heavy atom. The summed E-state index contributed by atoms with van der Waals surface area (Å²) in [5.74, 6) is -1.12. The number of hydrogen-bond acceptors (Lipinski definition) is 4. The lowest BCUT2D eigenvalue weighted by Gasteiger charge is -2.10. The van der Waals surface area contributed by atoms with E-state index >= 15 is 0 Å². The summed E-state index contributed by atoms with van der Waals surface area (Å²) in [6.45, 7) is 0.875. The van der Waals surface area contributed by atoms with E-state index in [1.54, 1.807) is 20.2 Å². The highest BCUT2D eigenvalue weighted by molar-refractivity contribution is 5.86. The predicted molar refractivity (Wildman–Crippen MR) is 60.7 cm³/mol. The number of furan rings is 1. The van der Waals surface area contributed by atoms with Crippen LogP contribution in [0.5, 0.6) is 0 Å². The maximum atomic E-state index is 11.3. The third-order valence-electron chi connectivity index (χ3n) is 2.27. The van der Waals surface area contributed by atoms with Crippen LogP contribution in [0.1, 0.15) is 22.5 Å². The SMILES string of the molecule is CN(C)C(=O)CCNCc1ccoc1C(=O)O. The van der Waals surface area contributed by atoms with E-state index in [0.29, 0.717) is 25.1 Å². The zero-order valence-electron chi connectivity index (χ0n) is 9.90. The summed E-state index contributed by atoms with van der Waals surface area (Å²) in [7, 11) is 3.39. The zero-order chi connectivity index (χ0) is 12.8. The molecule has 0 aromatic carbocycles. The van der Waals surface area contributed by atoms with E-state index in [1.807, 2.05) is 0 Å². The summed E-state index contributed by atoms with van der Waals surface area (Å²) < 4.78 is 4.83. The average molecular weight is 240 g/mol. The van der Waals surface area contributed by atoms with Gasteiger partial charge >= 0.3 is 5.97 Å². The first-order valence-corrected chi connectivity index (χ1v) is 5.23. The largest absolute Gasteiger partial charge is 0.475 e. The summed E-state index contributed by atoms with van der Waals surface area (Å²) in [4.78, 5) is 23.5. The molecule has 6 nitrogen and oxygen atoms in total. The Kier molecular flexibility index (Phi) is 4.71. The van der Waals surface area contributed by atoms with Crippen molar-refractivity contribution in [3.8, 4) is 0 Å². The molecule has 17 heavy (non-hydrogen) atoms. The van der Waals surface area contributed by atoms with E-state index in [4.69, 9.17) is 9.52 Å². The molecule has 0 aliphatic carbocycles. The van der Waals surface area contributed by atoms with Gasteiger partial charge in [-0.1, -0.05) is 0 Å². The van der Waals surface area contributed by atoms with Crippen LogP contribution in [0.4, 0.5) is 0 Å². The summed E-state index contributed by atoms with van der Waals surface area (Å²) in [5, 5.41) is 11.8. The number of carboxylic acid groups (broad SMARTS) is 1. The molecule has 0 bridgehead atoms. The van der Waals surface area contributed by atoms with Crippen LogP contribution in [-0.4, -0.2) is 42.5 Å². The lowest BCUT2D eigenvalue weighted by molar-refractivity contribution is -0.128. The molecule has 0 unspecified atom stereocenters. The van der Waals surface area contributed by atoms with Crippen molar-refractivity contribution in [2.45, 2.75) is 13.0 Å². The number of carbonyl (C=O) groups is 2. The molecule has 6 heteroatoms. The third-order valence-corrected chi connectivity index (χ3v) is 2.27. The second-order valence-corrected chi connectivity index (χ2v) is 3.80. The summed E-state index contributed by atoms with van der Waals surface area (Å²) in [6, 6.07) is 1.60. The van der Waals surface area contributed by atoms with Crippen LogP contribution in [0.3, 0.4) is 0 Å². The fourth-order valence-electron chi connectivity index (χ4n) is 1.30. The van der Waals surface area contributed by atoms with E-state index in [0.717, 1.165) is 0 Å². The Balaban J connectivity index is 2.34. The van der Waals surface area contributed by atoms with Gasteiger partial charge in [-0.15, -0.1) is 0 Å². The molecule has 0 radical (unpaired) electrons. The van der Waals surface area contributed by atoms with Crippen LogP contribution in [0.2, 0.25) is 0 Å². The van der Waals surface area contributed by atoms with Gasteiger partial charge < -0.3 is 19.7 Å². The Labute approximate surface area is 99.2 Å². The van der Waals surface area contributed by atoms with Crippen molar-refractivity contribution in [1.82, 2.24) is 10.2 Å². The molecule has 1 amide bonds. The van der Waals surface area contributed by atoms with Crippen LogP contribution in [0.25, 0.3) is 0 Å². The highest BCUT2D eigenvalue weighted by Gasteiger charge is 2.13. The minimum Gasteiger partial charge on any atom is -0.475 e. The number of rotatable bonds is 6. The second kappa shape index (κ2) is 6.05. The lowest BCUT2D eigenvalue weighted by Crippen LogP contribution is -2.26. The fourth-order valence-corrected chi connectivity index (χ4v) is 1.30. The zero-order valence-corrected chi connectivity index (χ0v) is 9.90. The molecule has 1 aromatic heterocycles. The van der Waals surface area contributed by atoms with Gasteiger partial charge in [0.2, 0.25) is 11.7 Å². The molecule has 94 valence electrons. The first kappa shape index (κ1) is 13.2. The van der Waals surface area contributed by atoms with Crippen LogP contribution in [-0.2, 0) is 11.3 Å². The minimum absolute atomic E-state index is 0.0307. The molecule has 0 saturated heterocycles. The van der Waals surface area contributed by atoms with Gasteiger partial charge in [0.05, 0.1) is 6.26 Å². The van der Waals surface area contributed by atoms with Crippen LogP contribution in [0, 0.1) is 0 Å². The number of nitrogens with zero attached hydrogens (tertiary/aromatic N) is 1. The van der Waals surface area contributed by atoms with E-state index in [1.165, 1.54) is 11.2 Å². The number of nitrogens with one attached hydrogen (secondary N) is 1. The molecular formula is C11H16N2O4. The number of hydrogen-bond donors (Lipinski definition) is 2. The Hall–Kier alpha value is -1.82. The third kappa shape index (κ3) is 3.92. The Morgan fingerprint density at radius 3 is 2.76 bits per heavy atom. The summed E-state index contributed by atoms with van der Waals surface area (Å²) >= 11 is 0. The first-order valence-electron chi connectivity index (χ1n) is 5.23. The van der Waals surface area contributed by atoms with Gasteiger partial charge in [0.25, 0.3) is 0 Å². The normalized spacial score (nSPS) is 10.2. The van der Waals surface area contributed by atoms with Crippen molar-refractivity contribution >= 4 is 11.9 Å². The molecule has 1 heterocycles. The van der Waals surface area contributed by atoms with Crippen LogP contribution < -0.4 is 5.32 Å². The van der Waals surface area contributed by atoms with Gasteiger partial charge in [-0.25, -0.2) is 4.79 Å². The number of amides is 1. The van der Waals surface area contributed by atoms with E-state index in [-0.39, 0.29) is 11.7 Å². The topological polar surface area (TPSA) is 82.8 Å². The van der Waals surface area contributed by atoms with Crippen molar-refractivity contribution < 1.29 is 19.1 Å². The molecule has 1 aromatic rings. The molecule has 0 fully saturated rings. The number of carbonyl (C=O) groups excluding carboxylic acids is 1. The number of aromatic carboxylic acids is 1. The van der Waals surface area contributed by atoms with Gasteiger partial charge in [-0.3, -0.25) is 4.79 Å². The minimum atomic E-state index is -1.09. The van der Waals surface area contributed by atoms with Crippen LogP contribution >= 0.6 is 0 Å². The quantitative estimate of drug-likeness (QED) is 0.709. The van der Waals surface area contributed by atoms with Crippen molar-refractivity contribution in [3.63, 3.8) is 0 Å². The Morgan fingerprint density at radius 2 is 2.18 bits per heavy atom. The molecule has 0 aliphatic heterocycles. The molecular weight excluding hydrogens is 224 g/mol. The number of carboxylic acids is 1. The van der Waals surface area contributed by atoms with Gasteiger partial charge in [0, 0.05) is 39.2 Å². The molecule has 2 N–H and O–H groups in total. The fraction of sp³-hybridized carbons (Fsp3) is 0.455. The predicted octanol–water partition coefficient (Wildman–Crippen LogP) is 0.546. The Bertz CT molecular complexity index is 398. The molecule has 0 atom stereocenters. The second-order valence-electron chi connectivity index (χ2n) is 3.80. The van der Waals surface area contributed by atoms with Crippen molar-refractivity contribution in [1.29, 1.82) is 0 Å². The smallest absolute Gasteiger partial charge is 0.372 e. The van der Waals surface area contributed by atoms with Crippen LogP contribution in [0.15, 0.2) is 16.7 Å². The standard InChI is InChI=1S/C11H16N2O4/c1-13(2)9(14)3-5-12-7-8-4-6-17-10(8)11(15)16/h4,6,12H,3,5,7H2,1-2H3,(H,15,16). The van der Waals surface area contributed by atoms with Crippen molar-refractivity contribution in [2.24, 2.45) is 0 Å². The molecule has 1 rings (SSSR count). The van der Waals surface area contributed by atoms with Crippen molar-refractivity contribution in [2.75, 3.05) is 20.6 Å². The van der Waals surface area contributed by atoms with E-state index < -0.39 is 5.97 Å². The van der Waals surface area contributed by atoms with Gasteiger partial charge in [0.1, 0.15) is 0 Å².